The van der Waals surface area contributed by atoms with Crippen LogP contribution >= 0.6 is 0 Å². The Morgan fingerprint density at radius 1 is 0.182 bits per heavy atom. The lowest BCUT2D eigenvalue weighted by molar-refractivity contribution is 0.657. The van der Waals surface area contributed by atoms with Crippen LogP contribution in [0.5, 0.6) is 0 Å². The third-order valence-corrected chi connectivity index (χ3v) is 27.9. The molecule has 15 heteroatoms. The molecular weight excluding hydrogens is 1680 g/mol. The quantitative estimate of drug-likeness (QED) is 0.125. The lowest BCUT2D eigenvalue weighted by Gasteiger charge is -2.22. The molecule has 8 aromatic heterocycles. The van der Waals surface area contributed by atoms with Crippen molar-refractivity contribution in [1.29, 1.82) is 0 Å². The van der Waals surface area contributed by atoms with E-state index in [4.69, 9.17) is 62.5 Å². The largest absolute Gasteiger partial charge is 0.456 e. The number of para-hydroxylation sites is 2. The summed E-state index contributed by atoms with van der Waals surface area (Å²) in [5, 5.41) is 11.0. The van der Waals surface area contributed by atoms with E-state index in [0.717, 1.165) is 149 Å². The zero-order chi connectivity index (χ0) is 91.5. The molecule has 0 fully saturated rings. The van der Waals surface area contributed by atoms with Crippen LogP contribution < -0.4 is 0 Å². The lowest BCUT2D eigenvalue weighted by Crippen LogP contribution is -2.15. The predicted octanol–water partition coefficient (Wildman–Crippen LogP) is 30.7. The van der Waals surface area contributed by atoms with Crippen LogP contribution in [0.15, 0.2) is 400 Å². The van der Waals surface area contributed by atoms with Crippen molar-refractivity contribution in [2.45, 2.75) is 57.8 Å². The van der Waals surface area contributed by atoms with Crippen molar-refractivity contribution in [3.8, 4) is 147 Å². The van der Waals surface area contributed by atoms with Crippen molar-refractivity contribution in [1.82, 2.24) is 54.8 Å². The van der Waals surface area contributed by atoms with Gasteiger partial charge in [0.25, 0.3) is 0 Å². The maximum absolute atomic E-state index is 6.57. The molecule has 3 aliphatic carbocycles. The summed E-state index contributed by atoms with van der Waals surface area (Å²) in [5.41, 5.74) is 31.0. The first-order valence-corrected chi connectivity index (χ1v) is 46.2. The van der Waals surface area contributed by atoms with Crippen molar-refractivity contribution in [3.63, 3.8) is 0 Å². The van der Waals surface area contributed by atoms with Gasteiger partial charge < -0.3 is 17.7 Å². The summed E-state index contributed by atoms with van der Waals surface area (Å²) in [4.78, 5) is 54.3. The van der Waals surface area contributed by atoms with E-state index in [1.807, 2.05) is 127 Å². The van der Waals surface area contributed by atoms with E-state index in [2.05, 4.69) is 288 Å². The smallest absolute Gasteiger partial charge is 0.201 e. The highest BCUT2D eigenvalue weighted by Gasteiger charge is 2.43. The van der Waals surface area contributed by atoms with Gasteiger partial charge in [-0.15, -0.1) is 0 Å². The number of hydrogen-bond donors (Lipinski definition) is 0. The summed E-state index contributed by atoms with van der Waals surface area (Å²) < 4.78 is 25.9. The van der Waals surface area contributed by atoms with E-state index in [1.165, 1.54) is 72.0 Å². The fraction of sp³-hybridized carbons (Fsp3) is 0.0738. The van der Waals surface area contributed by atoms with Gasteiger partial charge in [-0.3, -0.25) is 0 Å². The number of nitrogens with zero attached hydrogens (tertiary/aromatic N) is 11. The molecular formula is C122H81N11O4. The number of aromatic nitrogens is 11. The molecule has 0 aliphatic heterocycles. The third kappa shape index (κ3) is 13.0. The van der Waals surface area contributed by atoms with Gasteiger partial charge >= 0.3 is 0 Å². The standard InChI is InChI=1S/C42H27N3O2.C42H29N3O.C38H25N5O/c1-42(2)31-16-8-6-13-26(31)27-21-22-34-37(38(27)42)29-20-19-25(23-35(29)47-34)40-43-39(24-11-4-3-5-12-24)44-41(45-40)30-15-10-18-33-36(30)28-14-7-9-17-32(28)46-33;1-42(2)34-19-10-9-18-31(34)32-22-23-35-37(38(32)42)33-21-20-30(25-36(33)46-35)41-44-39(27-14-7-4-8-15-27)43-40(45-41)29-17-11-16-28(24-29)26-12-5-3-6-13-26;1-38(2)28-17-7-5-14-25(28)31-27(21-30-32(33(31)38)26-15-6-8-18-29(26)44-30)35-41-34(42-37(43-35)36-39-19-10-20-40-36)24-16-9-12-22-11-3-4-13-23(22)24/h3-23H,1-2H3;3-25H,1-2H3;3-21H,1-2H3. The number of furan rings is 4. The average molecular weight is 1770 g/mol. The van der Waals surface area contributed by atoms with Crippen molar-refractivity contribution in [2.24, 2.45) is 0 Å². The fourth-order valence-electron chi connectivity index (χ4n) is 21.6. The summed E-state index contributed by atoms with van der Waals surface area (Å²) in [6.45, 7) is 13.8. The number of rotatable bonds is 10. The molecule has 0 atom stereocenters. The minimum Gasteiger partial charge on any atom is -0.456 e. The molecule has 0 bridgehead atoms. The summed E-state index contributed by atoms with van der Waals surface area (Å²) in [5.74, 6) is 5.63. The molecule has 0 radical (unpaired) electrons. The Labute approximate surface area is 786 Å². The van der Waals surface area contributed by atoms with Crippen LogP contribution in [0.25, 0.3) is 246 Å². The highest BCUT2D eigenvalue weighted by molar-refractivity contribution is 6.17. The molecule has 0 saturated heterocycles. The fourth-order valence-corrected chi connectivity index (χ4v) is 21.6. The summed E-state index contributed by atoms with van der Waals surface area (Å²) in [7, 11) is 0. The summed E-state index contributed by atoms with van der Waals surface area (Å²) in [6.07, 6.45) is 3.42. The Balaban J connectivity index is 0.000000106. The molecule has 25 aromatic rings. The van der Waals surface area contributed by atoms with Crippen LogP contribution in [0.1, 0.15) is 74.9 Å². The van der Waals surface area contributed by atoms with Gasteiger partial charge in [0.05, 0.1) is 0 Å². The second kappa shape index (κ2) is 31.2. The van der Waals surface area contributed by atoms with Crippen LogP contribution in [-0.4, -0.2) is 54.8 Å². The zero-order valence-corrected chi connectivity index (χ0v) is 75.4. The van der Waals surface area contributed by atoms with E-state index < -0.39 is 0 Å². The van der Waals surface area contributed by atoms with Crippen LogP contribution in [0, 0.1) is 0 Å². The van der Waals surface area contributed by atoms with Crippen molar-refractivity contribution in [3.05, 3.63) is 416 Å². The molecule has 0 unspecified atom stereocenters. The molecule has 8 heterocycles. The van der Waals surface area contributed by atoms with Crippen LogP contribution in [-0.2, 0) is 16.2 Å². The molecule has 0 spiro atoms. The molecule has 15 nitrogen and oxygen atoms in total. The Hall–Kier alpha value is -17.7. The second-order valence-electron chi connectivity index (χ2n) is 37.0. The molecule has 0 saturated carbocycles. The maximum Gasteiger partial charge on any atom is 0.201 e. The van der Waals surface area contributed by atoms with Gasteiger partial charge in [-0.1, -0.05) is 339 Å². The predicted molar refractivity (Wildman–Crippen MR) is 549 cm³/mol. The highest BCUT2D eigenvalue weighted by Crippen LogP contribution is 2.59. The van der Waals surface area contributed by atoms with Gasteiger partial charge in [0.15, 0.2) is 52.4 Å². The van der Waals surface area contributed by atoms with E-state index in [9.17, 15) is 0 Å². The number of fused-ring (bicyclic) bond motifs is 25. The molecule has 0 amide bonds. The van der Waals surface area contributed by atoms with Crippen molar-refractivity contribution < 1.29 is 17.7 Å². The van der Waals surface area contributed by atoms with Gasteiger partial charge in [-0.25, -0.2) is 54.8 Å². The summed E-state index contributed by atoms with van der Waals surface area (Å²) in [6, 6.07) is 127. The second-order valence-corrected chi connectivity index (χ2v) is 37.0. The van der Waals surface area contributed by atoms with Gasteiger partial charge in [-0.2, -0.15) is 0 Å². The van der Waals surface area contributed by atoms with Gasteiger partial charge in [-0.05, 0) is 161 Å². The first-order valence-electron chi connectivity index (χ1n) is 46.2. The van der Waals surface area contributed by atoms with E-state index >= 15 is 0 Å². The normalized spacial score (nSPS) is 13.4. The van der Waals surface area contributed by atoms with Crippen LogP contribution in [0.4, 0.5) is 0 Å². The lowest BCUT2D eigenvalue weighted by atomic mass is 9.80. The maximum atomic E-state index is 6.57. The minimum atomic E-state index is -0.274. The van der Waals surface area contributed by atoms with Crippen LogP contribution in [0.3, 0.4) is 0 Å². The molecule has 137 heavy (non-hydrogen) atoms. The number of hydrogen-bond acceptors (Lipinski definition) is 15. The summed E-state index contributed by atoms with van der Waals surface area (Å²) >= 11 is 0. The van der Waals surface area contributed by atoms with Crippen LogP contribution in [0.2, 0.25) is 0 Å². The first kappa shape index (κ1) is 80.2. The third-order valence-electron chi connectivity index (χ3n) is 27.9. The van der Waals surface area contributed by atoms with E-state index in [-0.39, 0.29) is 16.2 Å². The zero-order valence-electron chi connectivity index (χ0n) is 75.4. The molecule has 0 N–H and O–H groups in total. The Morgan fingerprint density at radius 2 is 0.540 bits per heavy atom. The van der Waals surface area contributed by atoms with Gasteiger partial charge in [0, 0.05) is 116 Å². The molecule has 17 aromatic carbocycles. The number of benzene rings is 17. The molecule has 648 valence electrons. The molecule has 3 aliphatic rings. The van der Waals surface area contributed by atoms with Crippen molar-refractivity contribution in [2.75, 3.05) is 0 Å². The van der Waals surface area contributed by atoms with Gasteiger partial charge in [0.1, 0.15) is 44.7 Å². The topological polar surface area (TPSA) is 194 Å². The Bertz CT molecular complexity index is 9280. The van der Waals surface area contributed by atoms with Crippen molar-refractivity contribution >= 4 is 98.5 Å². The first-order chi connectivity index (χ1) is 67.2. The van der Waals surface area contributed by atoms with E-state index in [1.54, 1.807) is 18.5 Å². The Morgan fingerprint density at radius 3 is 1.12 bits per heavy atom. The average Bonchev–Trinajstić information content (AvgIpc) is 1.54. The Kier molecular flexibility index (Phi) is 18.3. The molecule has 28 rings (SSSR count). The van der Waals surface area contributed by atoms with Gasteiger partial charge in [0.2, 0.25) is 5.82 Å². The minimum absolute atomic E-state index is 0.136. The monoisotopic (exact) mass is 1760 g/mol. The SMILES string of the molecule is CC1(C)c2ccccc2-c2c(-c3nc(-c4ncccn4)nc(-c4cccc5ccccc45)n3)cc3oc4ccccc4c3c21.CC1(C)c2ccccc2-c2ccc3oc4cc(-c5nc(-c6ccccc6)nc(-c6cccc(-c7ccccc7)c6)n5)ccc4c3c21.CC1(C)c2ccccc2-c2ccc3oc4cc(-c5nc(-c6ccccc6)nc(-c6cccc7oc8ccccc8c67)n5)ccc4c3c21. The highest BCUT2D eigenvalue weighted by atomic mass is 16.3. The van der Waals surface area contributed by atoms with E-state index in [0.29, 0.717) is 58.2 Å².